The van der Waals surface area contributed by atoms with E-state index in [1.54, 1.807) is 0 Å². The highest BCUT2D eigenvalue weighted by molar-refractivity contribution is 5.79. The van der Waals surface area contributed by atoms with Crippen LogP contribution in [-0.4, -0.2) is 5.54 Å². The highest BCUT2D eigenvalue weighted by atomic mass is 14.7. The summed E-state index contributed by atoms with van der Waals surface area (Å²) in [7, 11) is 0. The summed E-state index contributed by atoms with van der Waals surface area (Å²) in [6.07, 6.45) is 10.4. The van der Waals surface area contributed by atoms with Gasteiger partial charge in [-0.1, -0.05) is 106 Å². The Kier molecular flexibility index (Phi) is 7.94. The van der Waals surface area contributed by atoms with Crippen molar-refractivity contribution in [2.45, 2.75) is 64.3 Å². The van der Waals surface area contributed by atoms with Gasteiger partial charge in [0.25, 0.3) is 0 Å². The molecule has 2 aromatic carbocycles. The summed E-state index contributed by atoms with van der Waals surface area (Å²) >= 11 is 0. The van der Waals surface area contributed by atoms with Gasteiger partial charge in [-0.2, -0.15) is 0 Å². The molecule has 1 heteroatoms. The summed E-state index contributed by atoms with van der Waals surface area (Å²) in [5.41, 5.74) is 10.6. The summed E-state index contributed by atoms with van der Waals surface area (Å²) < 4.78 is 0. The highest BCUT2D eigenvalue weighted by Crippen LogP contribution is 2.28. The van der Waals surface area contributed by atoms with Gasteiger partial charge in [-0.15, -0.1) is 0 Å². The van der Waals surface area contributed by atoms with Crippen LogP contribution in [0.3, 0.4) is 0 Å². The van der Waals surface area contributed by atoms with Crippen LogP contribution in [0.5, 0.6) is 0 Å². The van der Waals surface area contributed by atoms with E-state index in [4.69, 9.17) is 5.73 Å². The van der Waals surface area contributed by atoms with Crippen LogP contribution < -0.4 is 5.73 Å². The molecule has 0 aliphatic rings. The lowest BCUT2D eigenvalue weighted by atomic mass is 9.83. The van der Waals surface area contributed by atoms with E-state index in [9.17, 15) is 0 Å². The predicted octanol–water partition coefficient (Wildman–Crippen LogP) is 6.59. The van der Waals surface area contributed by atoms with Crippen LogP contribution in [0.4, 0.5) is 0 Å². The predicted molar refractivity (Wildman–Crippen MR) is 111 cm³/mol. The van der Waals surface area contributed by atoms with Crippen molar-refractivity contribution < 1.29 is 0 Å². The van der Waals surface area contributed by atoms with E-state index in [-0.39, 0.29) is 5.54 Å². The molecule has 0 saturated carbocycles. The molecule has 0 bridgehead atoms. The minimum absolute atomic E-state index is 0.0825. The Morgan fingerprint density at radius 2 is 1.24 bits per heavy atom. The standard InChI is InChI=1S/C24H33N/c1-3-5-18-24(25,19-6-4-2)20-17-23(21-13-9-7-10-14-21)22-15-11-8-12-16-22/h7-17H,3-6,18-20,25H2,1-2H3. The van der Waals surface area contributed by atoms with Crippen molar-refractivity contribution in [3.05, 3.63) is 77.9 Å². The number of unbranched alkanes of at least 4 members (excludes halogenated alkanes) is 2. The molecule has 0 fully saturated rings. The van der Waals surface area contributed by atoms with Gasteiger partial charge in [0, 0.05) is 5.54 Å². The third kappa shape index (κ3) is 6.17. The normalized spacial score (nSPS) is 11.3. The fourth-order valence-electron chi connectivity index (χ4n) is 3.33. The number of hydrogen-bond donors (Lipinski definition) is 1. The molecule has 0 spiro atoms. The van der Waals surface area contributed by atoms with Gasteiger partial charge >= 0.3 is 0 Å². The fourth-order valence-corrected chi connectivity index (χ4v) is 3.33. The minimum atomic E-state index is -0.0825. The quantitative estimate of drug-likeness (QED) is 0.521. The van der Waals surface area contributed by atoms with Gasteiger partial charge in [0.15, 0.2) is 0 Å². The summed E-state index contributed by atoms with van der Waals surface area (Å²) in [4.78, 5) is 0. The molecule has 2 rings (SSSR count). The number of rotatable bonds is 10. The molecule has 25 heavy (non-hydrogen) atoms. The average molecular weight is 336 g/mol. The molecule has 0 atom stereocenters. The van der Waals surface area contributed by atoms with E-state index in [2.05, 4.69) is 80.6 Å². The maximum absolute atomic E-state index is 6.83. The zero-order valence-electron chi connectivity index (χ0n) is 15.9. The highest BCUT2D eigenvalue weighted by Gasteiger charge is 2.22. The van der Waals surface area contributed by atoms with Gasteiger partial charge in [-0.25, -0.2) is 0 Å². The van der Waals surface area contributed by atoms with E-state index in [1.165, 1.54) is 42.4 Å². The zero-order valence-corrected chi connectivity index (χ0v) is 15.9. The average Bonchev–Trinajstić information content (AvgIpc) is 2.67. The monoisotopic (exact) mass is 335 g/mol. The van der Waals surface area contributed by atoms with Crippen LogP contribution in [0.15, 0.2) is 66.7 Å². The number of nitrogens with two attached hydrogens (primary N) is 1. The molecule has 0 aromatic heterocycles. The smallest absolute Gasteiger partial charge is 0.0189 e. The van der Waals surface area contributed by atoms with Gasteiger partial charge in [-0.3, -0.25) is 0 Å². The molecule has 2 aromatic rings. The van der Waals surface area contributed by atoms with Crippen LogP contribution in [0.1, 0.15) is 69.9 Å². The van der Waals surface area contributed by atoms with Crippen LogP contribution in [0, 0.1) is 0 Å². The van der Waals surface area contributed by atoms with E-state index >= 15 is 0 Å². The summed E-state index contributed by atoms with van der Waals surface area (Å²) in [6.45, 7) is 4.49. The van der Waals surface area contributed by atoms with Gasteiger partial charge < -0.3 is 5.73 Å². The van der Waals surface area contributed by atoms with Crippen LogP contribution in [0.2, 0.25) is 0 Å². The molecule has 0 amide bonds. The van der Waals surface area contributed by atoms with Crippen molar-refractivity contribution in [3.8, 4) is 0 Å². The number of benzene rings is 2. The molecule has 0 heterocycles. The van der Waals surface area contributed by atoms with E-state index < -0.39 is 0 Å². The van der Waals surface area contributed by atoms with Crippen molar-refractivity contribution in [1.29, 1.82) is 0 Å². The van der Waals surface area contributed by atoms with Gasteiger partial charge in [0.2, 0.25) is 0 Å². The third-order valence-corrected chi connectivity index (χ3v) is 4.94. The summed E-state index contributed by atoms with van der Waals surface area (Å²) in [5.74, 6) is 0. The maximum Gasteiger partial charge on any atom is 0.0189 e. The van der Waals surface area contributed by atoms with Crippen LogP contribution in [-0.2, 0) is 0 Å². The Morgan fingerprint density at radius 1 is 0.800 bits per heavy atom. The second kappa shape index (κ2) is 10.2. The molecule has 0 aliphatic heterocycles. The summed E-state index contributed by atoms with van der Waals surface area (Å²) in [5, 5.41) is 0. The Balaban J connectivity index is 2.29. The van der Waals surface area contributed by atoms with Gasteiger partial charge in [0.1, 0.15) is 0 Å². The lowest BCUT2D eigenvalue weighted by molar-refractivity contribution is 0.347. The van der Waals surface area contributed by atoms with Crippen molar-refractivity contribution >= 4 is 5.57 Å². The van der Waals surface area contributed by atoms with Crippen LogP contribution in [0.25, 0.3) is 5.57 Å². The van der Waals surface area contributed by atoms with E-state index in [0.717, 1.165) is 19.3 Å². The largest absolute Gasteiger partial charge is 0.325 e. The molecule has 0 saturated heterocycles. The van der Waals surface area contributed by atoms with Crippen molar-refractivity contribution in [2.24, 2.45) is 5.73 Å². The number of hydrogen-bond acceptors (Lipinski definition) is 1. The van der Waals surface area contributed by atoms with Gasteiger partial charge in [0.05, 0.1) is 0 Å². The Bertz CT molecular complexity index is 578. The molecule has 0 aliphatic carbocycles. The van der Waals surface area contributed by atoms with Crippen molar-refractivity contribution in [3.63, 3.8) is 0 Å². The lowest BCUT2D eigenvalue weighted by Gasteiger charge is -2.29. The molecule has 0 radical (unpaired) electrons. The first-order chi connectivity index (χ1) is 12.2. The van der Waals surface area contributed by atoms with E-state index in [0.29, 0.717) is 0 Å². The topological polar surface area (TPSA) is 26.0 Å². The van der Waals surface area contributed by atoms with E-state index in [1.807, 2.05) is 0 Å². The Labute approximate surface area is 154 Å². The first kappa shape index (κ1) is 19.5. The van der Waals surface area contributed by atoms with Gasteiger partial charge in [-0.05, 0) is 36.0 Å². The SMILES string of the molecule is CCCCC(N)(CC=C(c1ccccc1)c1ccccc1)CCCC. The fraction of sp³-hybridized carbons (Fsp3) is 0.417. The van der Waals surface area contributed by atoms with Crippen LogP contribution >= 0.6 is 0 Å². The molecular weight excluding hydrogens is 302 g/mol. The third-order valence-electron chi connectivity index (χ3n) is 4.94. The molecule has 1 nitrogen and oxygen atoms in total. The van der Waals surface area contributed by atoms with Crippen molar-refractivity contribution in [1.82, 2.24) is 0 Å². The summed E-state index contributed by atoms with van der Waals surface area (Å²) in [6, 6.07) is 21.3. The first-order valence-electron chi connectivity index (χ1n) is 9.78. The second-order valence-corrected chi connectivity index (χ2v) is 7.12. The minimum Gasteiger partial charge on any atom is -0.325 e. The first-order valence-corrected chi connectivity index (χ1v) is 9.78. The molecule has 134 valence electrons. The second-order valence-electron chi connectivity index (χ2n) is 7.12. The Hall–Kier alpha value is -1.86. The molecular formula is C24H33N. The molecule has 2 N–H and O–H groups in total. The Morgan fingerprint density at radius 3 is 1.64 bits per heavy atom. The zero-order chi connectivity index (χ0) is 18.0. The van der Waals surface area contributed by atoms with Crippen molar-refractivity contribution in [2.75, 3.05) is 0 Å². The maximum atomic E-state index is 6.83. The molecule has 0 unspecified atom stereocenters. The lowest BCUT2D eigenvalue weighted by Crippen LogP contribution is -2.39.